The fourth-order valence-electron chi connectivity index (χ4n) is 2.41. The van der Waals surface area contributed by atoms with Gasteiger partial charge in [0.15, 0.2) is 5.79 Å². The summed E-state index contributed by atoms with van der Waals surface area (Å²) < 4.78 is 21.1. The molecule has 18 heavy (non-hydrogen) atoms. The Labute approximate surface area is 105 Å². The van der Waals surface area contributed by atoms with Crippen LogP contribution in [0.25, 0.3) is 0 Å². The maximum absolute atomic E-state index is 11.7. The van der Waals surface area contributed by atoms with E-state index in [9.17, 15) is 9.90 Å². The fourth-order valence-corrected chi connectivity index (χ4v) is 2.41. The van der Waals surface area contributed by atoms with Gasteiger partial charge in [-0.3, -0.25) is 0 Å². The van der Waals surface area contributed by atoms with Gasteiger partial charge in [-0.2, -0.15) is 0 Å². The third-order valence-corrected chi connectivity index (χ3v) is 3.14. The quantitative estimate of drug-likeness (QED) is 0.702. The van der Waals surface area contributed by atoms with E-state index in [0.29, 0.717) is 0 Å². The molecule has 2 aliphatic rings. The Kier molecular flexibility index (Phi) is 3.46. The van der Waals surface area contributed by atoms with Crippen LogP contribution in [0.2, 0.25) is 0 Å². The predicted octanol–water partition coefficient (Wildman–Crippen LogP) is -0.00460. The van der Waals surface area contributed by atoms with Crippen LogP contribution in [-0.4, -0.2) is 55.5 Å². The van der Waals surface area contributed by atoms with Crippen molar-refractivity contribution in [3.05, 3.63) is 11.6 Å². The predicted molar refractivity (Wildman–Crippen MR) is 60.7 cm³/mol. The van der Waals surface area contributed by atoms with E-state index in [0.717, 1.165) is 0 Å². The number of hydrogen-bond donors (Lipinski definition) is 1. The molecule has 0 bridgehead atoms. The Bertz CT molecular complexity index is 375. The molecule has 0 amide bonds. The lowest BCUT2D eigenvalue weighted by atomic mass is 9.89. The molecule has 0 spiro atoms. The van der Waals surface area contributed by atoms with Gasteiger partial charge in [0.1, 0.15) is 24.4 Å². The molecule has 4 atom stereocenters. The summed E-state index contributed by atoms with van der Waals surface area (Å²) in [5, 5.41) is 10.2. The van der Waals surface area contributed by atoms with Gasteiger partial charge in [-0.05, 0) is 19.9 Å². The molecule has 1 aliphatic carbocycles. The Morgan fingerprint density at radius 3 is 2.61 bits per heavy atom. The Balaban J connectivity index is 2.33. The standard InChI is InChI=1S/C12H18O6/c1-12(2)17-7-5-6(11(14)16-4)9(15-3)8(13)10(7)18-12/h5,7-10,13H,1-4H3/t7-,8+,9-,10-/m0/s1. The first-order valence-electron chi connectivity index (χ1n) is 5.76. The first-order chi connectivity index (χ1) is 8.39. The van der Waals surface area contributed by atoms with Gasteiger partial charge < -0.3 is 24.1 Å². The molecule has 0 unspecified atom stereocenters. The average Bonchev–Trinajstić information content (AvgIpc) is 2.63. The summed E-state index contributed by atoms with van der Waals surface area (Å²) >= 11 is 0. The maximum atomic E-state index is 11.7. The number of methoxy groups -OCH3 is 2. The fraction of sp³-hybridized carbons (Fsp3) is 0.750. The number of carbonyl (C=O) groups is 1. The number of aliphatic hydroxyl groups is 1. The van der Waals surface area contributed by atoms with E-state index in [4.69, 9.17) is 14.2 Å². The van der Waals surface area contributed by atoms with E-state index in [-0.39, 0.29) is 5.57 Å². The van der Waals surface area contributed by atoms with Crippen molar-refractivity contribution in [2.45, 2.75) is 44.1 Å². The minimum Gasteiger partial charge on any atom is -0.466 e. The summed E-state index contributed by atoms with van der Waals surface area (Å²) in [6, 6.07) is 0. The third-order valence-electron chi connectivity index (χ3n) is 3.14. The van der Waals surface area contributed by atoms with E-state index in [1.165, 1.54) is 14.2 Å². The SMILES string of the molecule is COC(=O)C1=C[C@@H]2OC(C)(C)O[C@@H]2[C@H](O)[C@H]1OC. The van der Waals surface area contributed by atoms with Crippen molar-refractivity contribution >= 4 is 5.97 Å². The molecule has 6 nitrogen and oxygen atoms in total. The monoisotopic (exact) mass is 258 g/mol. The number of aliphatic hydroxyl groups excluding tert-OH is 1. The largest absolute Gasteiger partial charge is 0.466 e. The molecule has 1 saturated heterocycles. The van der Waals surface area contributed by atoms with Crippen LogP contribution in [0.5, 0.6) is 0 Å². The number of fused-ring (bicyclic) bond motifs is 1. The Hall–Kier alpha value is -0.950. The van der Waals surface area contributed by atoms with Crippen molar-refractivity contribution in [1.82, 2.24) is 0 Å². The lowest BCUT2D eigenvalue weighted by molar-refractivity contribution is -0.161. The zero-order chi connectivity index (χ0) is 13.5. The highest BCUT2D eigenvalue weighted by molar-refractivity contribution is 5.90. The molecule has 0 saturated carbocycles. The second-order valence-electron chi connectivity index (χ2n) is 4.83. The maximum Gasteiger partial charge on any atom is 0.336 e. The van der Waals surface area contributed by atoms with Crippen molar-refractivity contribution in [3.63, 3.8) is 0 Å². The van der Waals surface area contributed by atoms with E-state index >= 15 is 0 Å². The second kappa shape index (κ2) is 4.62. The topological polar surface area (TPSA) is 74.2 Å². The van der Waals surface area contributed by atoms with Crippen molar-refractivity contribution < 1.29 is 28.8 Å². The molecule has 2 rings (SSSR count). The summed E-state index contributed by atoms with van der Waals surface area (Å²) in [5.41, 5.74) is 0.259. The zero-order valence-electron chi connectivity index (χ0n) is 10.9. The van der Waals surface area contributed by atoms with Crippen LogP contribution in [0.1, 0.15) is 13.8 Å². The number of hydrogen-bond acceptors (Lipinski definition) is 6. The van der Waals surface area contributed by atoms with Gasteiger partial charge in [0.05, 0.1) is 12.7 Å². The molecule has 0 aromatic rings. The highest BCUT2D eigenvalue weighted by Crippen LogP contribution is 2.37. The van der Waals surface area contributed by atoms with E-state index in [2.05, 4.69) is 4.74 Å². The molecule has 1 aliphatic heterocycles. The van der Waals surface area contributed by atoms with Gasteiger partial charge >= 0.3 is 5.97 Å². The summed E-state index contributed by atoms with van der Waals surface area (Å²) in [6.07, 6.45) is -1.16. The highest BCUT2D eigenvalue weighted by Gasteiger charge is 2.51. The van der Waals surface area contributed by atoms with Crippen molar-refractivity contribution in [2.75, 3.05) is 14.2 Å². The number of rotatable bonds is 2. The molecular weight excluding hydrogens is 240 g/mol. The normalized spacial score (nSPS) is 37.9. The molecule has 0 radical (unpaired) electrons. The lowest BCUT2D eigenvalue weighted by Crippen LogP contribution is -2.49. The van der Waals surface area contributed by atoms with Crippen LogP contribution >= 0.6 is 0 Å². The second-order valence-corrected chi connectivity index (χ2v) is 4.83. The molecule has 6 heteroatoms. The van der Waals surface area contributed by atoms with E-state index in [1.54, 1.807) is 19.9 Å². The van der Waals surface area contributed by atoms with Crippen molar-refractivity contribution in [3.8, 4) is 0 Å². The molecule has 1 N–H and O–H groups in total. The molecule has 0 aromatic heterocycles. The van der Waals surface area contributed by atoms with E-state index < -0.39 is 36.2 Å². The van der Waals surface area contributed by atoms with E-state index in [1.807, 2.05) is 0 Å². The molecular formula is C12H18O6. The minimum atomic E-state index is -0.971. The van der Waals surface area contributed by atoms with Gasteiger partial charge in [0.25, 0.3) is 0 Å². The van der Waals surface area contributed by atoms with Crippen LogP contribution in [0.3, 0.4) is 0 Å². The van der Waals surface area contributed by atoms with Crippen LogP contribution < -0.4 is 0 Å². The van der Waals surface area contributed by atoms with Gasteiger partial charge in [-0.25, -0.2) is 4.79 Å². The summed E-state index contributed by atoms with van der Waals surface area (Å²) in [6.45, 7) is 3.51. The van der Waals surface area contributed by atoms with Crippen molar-refractivity contribution in [2.24, 2.45) is 0 Å². The first-order valence-corrected chi connectivity index (χ1v) is 5.76. The smallest absolute Gasteiger partial charge is 0.336 e. The van der Waals surface area contributed by atoms with Crippen LogP contribution in [0, 0.1) is 0 Å². The zero-order valence-corrected chi connectivity index (χ0v) is 10.9. The first kappa shape index (κ1) is 13.5. The van der Waals surface area contributed by atoms with Crippen molar-refractivity contribution in [1.29, 1.82) is 0 Å². The summed E-state index contributed by atoms with van der Waals surface area (Å²) in [5.74, 6) is -1.33. The lowest BCUT2D eigenvalue weighted by Gasteiger charge is -2.32. The van der Waals surface area contributed by atoms with Gasteiger partial charge in [-0.1, -0.05) is 0 Å². The average molecular weight is 258 g/mol. The Morgan fingerprint density at radius 2 is 2.06 bits per heavy atom. The molecule has 102 valence electrons. The summed E-state index contributed by atoms with van der Waals surface area (Å²) in [7, 11) is 2.70. The van der Waals surface area contributed by atoms with Gasteiger partial charge in [0.2, 0.25) is 0 Å². The Morgan fingerprint density at radius 1 is 1.39 bits per heavy atom. The van der Waals surface area contributed by atoms with Crippen LogP contribution in [-0.2, 0) is 23.7 Å². The van der Waals surface area contributed by atoms with Gasteiger partial charge in [0, 0.05) is 7.11 Å². The molecule has 0 aromatic carbocycles. The number of esters is 1. The van der Waals surface area contributed by atoms with Crippen LogP contribution in [0.4, 0.5) is 0 Å². The number of carbonyl (C=O) groups excluding carboxylic acids is 1. The highest BCUT2D eigenvalue weighted by atomic mass is 16.8. The minimum absolute atomic E-state index is 0.259. The number of ether oxygens (including phenoxy) is 4. The van der Waals surface area contributed by atoms with Crippen LogP contribution in [0.15, 0.2) is 11.6 Å². The molecule has 1 heterocycles. The molecule has 1 fully saturated rings. The third kappa shape index (κ3) is 2.16. The summed E-state index contributed by atoms with van der Waals surface area (Å²) in [4.78, 5) is 11.7. The van der Waals surface area contributed by atoms with Gasteiger partial charge in [-0.15, -0.1) is 0 Å².